The van der Waals surface area contributed by atoms with Crippen molar-refractivity contribution in [3.05, 3.63) is 12.3 Å². The number of amides is 8. The van der Waals surface area contributed by atoms with Crippen LogP contribution in [0.5, 0.6) is 0 Å². The molecule has 0 spiro atoms. The van der Waals surface area contributed by atoms with Crippen LogP contribution in [-0.2, 0) is 38.4 Å². The average molecular weight is 973 g/mol. The van der Waals surface area contributed by atoms with Crippen molar-refractivity contribution in [2.45, 2.75) is 206 Å². The Morgan fingerprint density at radius 1 is 0.409 bits per heavy atom. The lowest BCUT2D eigenvalue weighted by molar-refractivity contribution is -0.133. The van der Waals surface area contributed by atoms with Crippen LogP contribution in [0.2, 0.25) is 0 Å². The second-order valence-corrected chi connectivity index (χ2v) is 26.1. The molecule has 0 fully saturated rings. The van der Waals surface area contributed by atoms with Gasteiger partial charge < -0.3 is 42.5 Å². The van der Waals surface area contributed by atoms with Crippen LogP contribution in [0.25, 0.3) is 0 Å². The molecule has 0 radical (unpaired) electrons. The molecule has 0 aliphatic rings. The van der Waals surface area contributed by atoms with Gasteiger partial charge in [-0.15, -0.1) is 0 Å². The van der Waals surface area contributed by atoms with Crippen molar-refractivity contribution in [1.82, 2.24) is 42.5 Å². The van der Waals surface area contributed by atoms with Gasteiger partial charge in [-0.1, -0.05) is 89.7 Å². The van der Waals surface area contributed by atoms with E-state index in [9.17, 15) is 38.4 Å². The van der Waals surface area contributed by atoms with E-state index in [0.29, 0.717) is 0 Å². The van der Waals surface area contributed by atoms with E-state index in [1.54, 1.807) is 83.1 Å². The zero-order chi connectivity index (χ0) is 53.4. The highest BCUT2D eigenvalue weighted by molar-refractivity contribution is 7.99. The van der Waals surface area contributed by atoms with Gasteiger partial charge in [-0.2, -0.15) is 24.4 Å². The lowest BCUT2D eigenvalue weighted by Gasteiger charge is -2.29. The molecule has 0 heterocycles. The van der Waals surface area contributed by atoms with E-state index in [1.165, 1.54) is 11.8 Å². The van der Waals surface area contributed by atoms with Crippen LogP contribution in [-0.4, -0.2) is 105 Å². The van der Waals surface area contributed by atoms with Gasteiger partial charge >= 0.3 is 0 Å². The van der Waals surface area contributed by atoms with Crippen LogP contribution in [0.1, 0.15) is 166 Å². The molecule has 0 aromatic heterocycles. The smallest absolute Gasteiger partial charge is 0.267 e. The summed E-state index contributed by atoms with van der Waals surface area (Å²) in [5.41, 5.74) is -3.84. The Morgan fingerprint density at radius 3 is 0.879 bits per heavy atom. The highest BCUT2D eigenvalue weighted by Crippen LogP contribution is 2.18. The second kappa shape index (κ2) is 26.1. The minimum absolute atomic E-state index is 0.0786. The number of carbonyl (C=O) groups is 8. The fourth-order valence-corrected chi connectivity index (χ4v) is 5.49. The maximum Gasteiger partial charge on any atom is 0.267 e. The van der Waals surface area contributed by atoms with Crippen molar-refractivity contribution >= 4 is 71.6 Å². The van der Waals surface area contributed by atoms with Crippen LogP contribution in [0.4, 0.5) is 0 Å². The zero-order valence-electron chi connectivity index (χ0n) is 45.2. The largest absolute Gasteiger partial charge is 0.350 e. The Balaban J connectivity index is -0.00000101. The molecule has 0 aliphatic heterocycles. The summed E-state index contributed by atoms with van der Waals surface area (Å²) in [5.74, 6) is -1.19. The monoisotopic (exact) mass is 973 g/mol. The summed E-state index contributed by atoms with van der Waals surface area (Å²) in [6, 6.07) is -2.14. The number of hydrogen-bond acceptors (Lipinski definition) is 10. The molecule has 384 valence electrons. The maximum atomic E-state index is 12.8. The molecule has 0 aromatic carbocycles. The van der Waals surface area contributed by atoms with Gasteiger partial charge in [0.1, 0.15) is 18.1 Å². The summed E-state index contributed by atoms with van der Waals surface area (Å²) in [5, 5.41) is 22.2. The highest BCUT2D eigenvalue weighted by Gasteiger charge is 2.33. The quantitative estimate of drug-likeness (QED) is 0.0831. The molecule has 8 amide bonds. The van der Waals surface area contributed by atoms with Crippen LogP contribution >= 0.6 is 24.4 Å². The fraction of sp³-hybridized carbons (Fsp3) is 0.792. The molecule has 0 rings (SSSR count). The Morgan fingerprint density at radius 2 is 0.652 bits per heavy atom. The van der Waals surface area contributed by atoms with E-state index in [4.69, 9.17) is 0 Å². The third-order valence-electron chi connectivity index (χ3n) is 7.86. The Hall–Kier alpha value is -3.80. The molecule has 0 saturated carbocycles. The van der Waals surface area contributed by atoms with Crippen LogP contribution in [0.15, 0.2) is 12.3 Å². The van der Waals surface area contributed by atoms with Gasteiger partial charge in [-0.05, 0) is 83.1 Å². The summed E-state index contributed by atoms with van der Waals surface area (Å²) in [6.45, 7) is 47.5. The fourth-order valence-electron chi connectivity index (χ4n) is 4.16. The Kier molecular flexibility index (Phi) is 26.3. The van der Waals surface area contributed by atoms with Gasteiger partial charge in [0, 0.05) is 61.1 Å². The molecular formula is C48H92N8O8S2. The number of rotatable bonds is 13. The number of thiol groups is 1. The van der Waals surface area contributed by atoms with Gasteiger partial charge in [0.2, 0.25) is 41.4 Å². The van der Waals surface area contributed by atoms with Crippen molar-refractivity contribution in [3.8, 4) is 0 Å². The minimum Gasteiger partial charge on any atom is -0.350 e. The van der Waals surface area contributed by atoms with Gasteiger partial charge in [0.05, 0.1) is 5.70 Å². The highest BCUT2D eigenvalue weighted by atomic mass is 32.2. The predicted octanol–water partition coefficient (Wildman–Crippen LogP) is 5.55. The number of carbonyl (C=O) groups excluding carboxylic acids is 8. The number of hydrogen-bond donors (Lipinski definition) is 9. The standard InChI is InChI=1S/C24H46N4O4S.C12H24N2O2S.C12H22N2O2/c1-21(2,3)19(31)25-15(17(29)27-23(7,8)9)13-33-14-16(18(30)28-24(10,11)12)26-20(32)22(4,5)6;1-11(2,3)10(16)13-8(7-17)9(15)14-12(4,5)6;1-8(9(15)14-12(5,6)7)13-10(16)11(2,3)4/h15-16H,13-14H2,1-12H3,(H,25,31)(H,26,32)(H,27,29)(H,28,30);8,17H,7H2,1-6H3,(H,13,16)(H,14,15);1H2,2-7H3,(H,13,16)(H,14,15). The lowest BCUT2D eigenvalue weighted by atomic mass is 9.95. The third kappa shape index (κ3) is 32.8. The predicted molar refractivity (Wildman–Crippen MR) is 274 cm³/mol. The van der Waals surface area contributed by atoms with Gasteiger partial charge in [-0.3, -0.25) is 38.4 Å². The van der Waals surface area contributed by atoms with Crippen molar-refractivity contribution in [2.24, 2.45) is 21.7 Å². The Labute approximate surface area is 408 Å². The molecule has 0 bridgehead atoms. The molecule has 3 unspecified atom stereocenters. The van der Waals surface area contributed by atoms with Crippen molar-refractivity contribution in [3.63, 3.8) is 0 Å². The molecule has 3 atom stereocenters. The van der Waals surface area contributed by atoms with Crippen molar-refractivity contribution < 1.29 is 38.4 Å². The van der Waals surface area contributed by atoms with Gasteiger partial charge in [0.15, 0.2) is 0 Å². The van der Waals surface area contributed by atoms with Crippen molar-refractivity contribution in [1.29, 1.82) is 0 Å². The summed E-state index contributed by atoms with van der Waals surface area (Å²) < 4.78 is 0. The molecule has 0 aromatic rings. The van der Waals surface area contributed by atoms with Crippen LogP contribution < -0.4 is 42.5 Å². The number of nitrogens with one attached hydrogen (secondary N) is 8. The first-order valence-corrected chi connectivity index (χ1v) is 24.1. The first kappa shape index (κ1) is 66.5. The normalized spacial score (nSPS) is 13.8. The topological polar surface area (TPSA) is 233 Å². The van der Waals surface area contributed by atoms with Crippen LogP contribution in [0.3, 0.4) is 0 Å². The first-order chi connectivity index (χ1) is 28.9. The first-order valence-electron chi connectivity index (χ1n) is 22.3. The van der Waals surface area contributed by atoms with E-state index in [2.05, 4.69) is 61.7 Å². The summed E-state index contributed by atoms with van der Waals surface area (Å²) in [4.78, 5) is 97.6. The molecule has 66 heavy (non-hydrogen) atoms. The van der Waals surface area contributed by atoms with E-state index < -0.39 is 50.9 Å². The average Bonchev–Trinajstić information content (AvgIpc) is 3.05. The second-order valence-electron chi connectivity index (χ2n) is 24.7. The zero-order valence-corrected chi connectivity index (χ0v) is 46.9. The van der Waals surface area contributed by atoms with E-state index in [-0.39, 0.29) is 81.3 Å². The van der Waals surface area contributed by atoms with Crippen LogP contribution in [0, 0.1) is 21.7 Å². The lowest BCUT2D eigenvalue weighted by Crippen LogP contribution is -2.56. The molecule has 0 aliphatic carbocycles. The van der Waals surface area contributed by atoms with E-state index >= 15 is 0 Å². The number of thioether (sulfide) groups is 1. The molecule has 18 heteroatoms. The summed E-state index contributed by atoms with van der Waals surface area (Å²) in [6.07, 6.45) is 0. The Bertz CT molecular complexity index is 1620. The molecule has 16 nitrogen and oxygen atoms in total. The van der Waals surface area contributed by atoms with Gasteiger partial charge in [0.25, 0.3) is 5.91 Å². The minimum atomic E-state index is -0.773. The SMILES string of the molecule is C=C(NC(=O)C(C)(C)C)C(=O)NC(C)(C)C.CC(C)(C)NC(=O)C(CS)NC(=O)C(C)(C)C.CC(C)(C)NC(=O)C(CSCC(NC(=O)C(C)(C)C)C(=O)NC(C)(C)C)NC(=O)C(C)(C)C. The van der Waals surface area contributed by atoms with Crippen molar-refractivity contribution in [2.75, 3.05) is 17.3 Å². The summed E-state index contributed by atoms with van der Waals surface area (Å²) >= 11 is 5.43. The maximum absolute atomic E-state index is 12.8. The molecule has 0 saturated heterocycles. The third-order valence-corrected chi connectivity index (χ3v) is 9.37. The van der Waals surface area contributed by atoms with E-state index in [1.807, 2.05) is 83.1 Å². The summed E-state index contributed by atoms with van der Waals surface area (Å²) in [7, 11) is 0. The van der Waals surface area contributed by atoms with E-state index in [0.717, 1.165) is 0 Å². The van der Waals surface area contributed by atoms with Gasteiger partial charge in [-0.25, -0.2) is 0 Å². The molecule has 8 N–H and O–H groups in total. The molecular weight excluding hydrogens is 881 g/mol.